The largest absolute Gasteiger partial charge is 0.356 e. The summed E-state index contributed by atoms with van der Waals surface area (Å²) in [5.41, 5.74) is 0. The molecule has 0 heterocycles. The van der Waals surface area contributed by atoms with Gasteiger partial charge in [-0.15, -0.1) is 0 Å². The molecule has 0 aromatic rings. The van der Waals surface area contributed by atoms with Crippen LogP contribution in [-0.2, 0) is 4.79 Å². The monoisotopic (exact) mass is 157 g/mol. The molecule has 0 atom stereocenters. The zero-order chi connectivity index (χ0) is 8.85. The first kappa shape index (κ1) is 10.5. The maximum atomic E-state index is 11.0. The maximum absolute atomic E-state index is 11.0. The fourth-order valence-corrected chi connectivity index (χ4v) is 0.688. The predicted molar refractivity (Wildman–Crippen MR) is 47.3 cm³/mol. The normalized spacial score (nSPS) is 10.7. The van der Waals surface area contributed by atoms with E-state index < -0.39 is 0 Å². The molecule has 0 aliphatic carbocycles. The highest BCUT2D eigenvalue weighted by molar-refractivity contribution is 5.77. The molecule has 0 aromatic carbocycles. The third kappa shape index (κ3) is 5.89. The molecule has 0 bridgehead atoms. The second-order valence-corrected chi connectivity index (χ2v) is 3.63. The van der Waals surface area contributed by atoms with Gasteiger partial charge in [-0.3, -0.25) is 4.79 Å². The molecule has 11 heavy (non-hydrogen) atoms. The summed E-state index contributed by atoms with van der Waals surface area (Å²) in [5, 5.41) is 2.87. The van der Waals surface area contributed by atoms with Gasteiger partial charge in [-0.2, -0.15) is 0 Å². The third-order valence-corrected chi connectivity index (χ3v) is 1.55. The summed E-state index contributed by atoms with van der Waals surface area (Å²) in [6, 6.07) is 0. The van der Waals surface area contributed by atoms with Crippen LogP contribution in [0.3, 0.4) is 0 Å². The van der Waals surface area contributed by atoms with Crippen LogP contribution in [0.1, 0.15) is 34.1 Å². The van der Waals surface area contributed by atoms with Crippen LogP contribution in [-0.4, -0.2) is 12.5 Å². The quantitative estimate of drug-likeness (QED) is 0.662. The van der Waals surface area contributed by atoms with E-state index >= 15 is 0 Å². The second kappa shape index (κ2) is 5.16. The maximum Gasteiger partial charge on any atom is 0.222 e. The molecule has 0 fully saturated rings. The Bertz CT molecular complexity index is 119. The number of hydrogen-bond donors (Lipinski definition) is 1. The van der Waals surface area contributed by atoms with Gasteiger partial charge in [0.05, 0.1) is 0 Å². The highest BCUT2D eigenvalue weighted by atomic mass is 16.1. The molecule has 0 radical (unpaired) electrons. The van der Waals surface area contributed by atoms with E-state index in [1.165, 1.54) is 0 Å². The van der Waals surface area contributed by atoms with Crippen molar-refractivity contribution in [1.29, 1.82) is 0 Å². The lowest BCUT2D eigenvalue weighted by molar-refractivity contribution is -0.123. The van der Waals surface area contributed by atoms with Crippen LogP contribution in [0.5, 0.6) is 0 Å². The molecule has 0 aliphatic heterocycles. The smallest absolute Gasteiger partial charge is 0.222 e. The van der Waals surface area contributed by atoms with E-state index in [1.54, 1.807) is 0 Å². The van der Waals surface area contributed by atoms with Gasteiger partial charge in [-0.25, -0.2) is 0 Å². The van der Waals surface area contributed by atoms with E-state index in [0.29, 0.717) is 5.92 Å². The lowest BCUT2D eigenvalue weighted by Gasteiger charge is -2.08. The molecule has 0 spiro atoms. The van der Waals surface area contributed by atoms with Crippen molar-refractivity contribution in [2.75, 3.05) is 6.54 Å². The highest BCUT2D eigenvalue weighted by Crippen LogP contribution is 1.97. The van der Waals surface area contributed by atoms with Gasteiger partial charge in [0.15, 0.2) is 0 Å². The minimum Gasteiger partial charge on any atom is -0.356 e. The van der Waals surface area contributed by atoms with Crippen LogP contribution >= 0.6 is 0 Å². The topological polar surface area (TPSA) is 29.1 Å². The molecule has 0 saturated carbocycles. The van der Waals surface area contributed by atoms with E-state index in [1.807, 2.05) is 13.8 Å². The fraction of sp³-hybridized carbons (Fsp3) is 0.889. The Hall–Kier alpha value is -0.530. The van der Waals surface area contributed by atoms with Crippen LogP contribution in [0, 0.1) is 11.8 Å². The Kier molecular flexibility index (Phi) is 4.92. The standard InChI is InChI=1S/C9H19NO/c1-7(2)5-6-10-9(11)8(3)4/h7-8H,5-6H2,1-4H3,(H,10,11). The van der Waals surface area contributed by atoms with Crippen molar-refractivity contribution in [2.24, 2.45) is 11.8 Å². The van der Waals surface area contributed by atoms with Crippen LogP contribution in [0.4, 0.5) is 0 Å². The molecule has 2 heteroatoms. The van der Waals surface area contributed by atoms with Crippen molar-refractivity contribution in [3.05, 3.63) is 0 Å². The Morgan fingerprint density at radius 2 is 1.82 bits per heavy atom. The first-order chi connectivity index (χ1) is 5.04. The number of carbonyl (C=O) groups excluding carboxylic acids is 1. The van der Waals surface area contributed by atoms with Gasteiger partial charge in [0.25, 0.3) is 0 Å². The van der Waals surface area contributed by atoms with Crippen LogP contribution in [0.2, 0.25) is 0 Å². The summed E-state index contributed by atoms with van der Waals surface area (Å²) in [4.78, 5) is 11.0. The summed E-state index contributed by atoms with van der Waals surface area (Å²) in [5.74, 6) is 0.940. The number of carbonyl (C=O) groups is 1. The zero-order valence-corrected chi connectivity index (χ0v) is 7.98. The molecular formula is C9H19NO. The molecule has 2 nitrogen and oxygen atoms in total. The Labute approximate surface area is 69.4 Å². The van der Waals surface area contributed by atoms with E-state index in [9.17, 15) is 4.79 Å². The molecule has 0 aromatic heterocycles. The van der Waals surface area contributed by atoms with Crippen LogP contribution in [0.15, 0.2) is 0 Å². The van der Waals surface area contributed by atoms with Gasteiger partial charge in [-0.05, 0) is 12.3 Å². The van der Waals surface area contributed by atoms with E-state index in [2.05, 4.69) is 19.2 Å². The minimum absolute atomic E-state index is 0.113. The zero-order valence-electron chi connectivity index (χ0n) is 7.98. The predicted octanol–water partition coefficient (Wildman–Crippen LogP) is 1.80. The average molecular weight is 157 g/mol. The Morgan fingerprint density at radius 1 is 1.27 bits per heavy atom. The van der Waals surface area contributed by atoms with Crippen LogP contribution < -0.4 is 5.32 Å². The van der Waals surface area contributed by atoms with Crippen molar-refractivity contribution in [3.63, 3.8) is 0 Å². The minimum atomic E-state index is 0.113. The van der Waals surface area contributed by atoms with Gasteiger partial charge >= 0.3 is 0 Å². The van der Waals surface area contributed by atoms with Gasteiger partial charge in [-0.1, -0.05) is 27.7 Å². The second-order valence-electron chi connectivity index (χ2n) is 3.63. The number of hydrogen-bond acceptors (Lipinski definition) is 1. The van der Waals surface area contributed by atoms with Crippen molar-refractivity contribution in [2.45, 2.75) is 34.1 Å². The van der Waals surface area contributed by atoms with Crippen molar-refractivity contribution < 1.29 is 4.79 Å². The van der Waals surface area contributed by atoms with Crippen molar-refractivity contribution >= 4 is 5.91 Å². The molecule has 0 rings (SSSR count). The fourth-order valence-electron chi connectivity index (χ4n) is 0.688. The summed E-state index contributed by atoms with van der Waals surface area (Å²) >= 11 is 0. The molecule has 1 amide bonds. The van der Waals surface area contributed by atoms with Crippen molar-refractivity contribution in [3.8, 4) is 0 Å². The summed E-state index contributed by atoms with van der Waals surface area (Å²) in [6.07, 6.45) is 1.07. The average Bonchev–Trinajstić information content (AvgIpc) is 1.86. The molecular weight excluding hydrogens is 138 g/mol. The molecule has 1 N–H and O–H groups in total. The number of amides is 1. The lowest BCUT2D eigenvalue weighted by atomic mass is 10.1. The van der Waals surface area contributed by atoms with Gasteiger partial charge in [0.2, 0.25) is 5.91 Å². The van der Waals surface area contributed by atoms with Crippen molar-refractivity contribution in [1.82, 2.24) is 5.32 Å². The first-order valence-electron chi connectivity index (χ1n) is 4.31. The first-order valence-corrected chi connectivity index (χ1v) is 4.31. The SMILES string of the molecule is CC(C)CCNC(=O)C(C)C. The lowest BCUT2D eigenvalue weighted by Crippen LogP contribution is -2.29. The van der Waals surface area contributed by atoms with E-state index in [4.69, 9.17) is 0 Å². The number of nitrogens with one attached hydrogen (secondary N) is 1. The summed E-state index contributed by atoms with van der Waals surface area (Å²) in [7, 11) is 0. The number of rotatable bonds is 4. The Morgan fingerprint density at radius 3 is 2.18 bits per heavy atom. The summed E-state index contributed by atoms with van der Waals surface area (Å²) < 4.78 is 0. The Balaban J connectivity index is 3.32. The van der Waals surface area contributed by atoms with Crippen LogP contribution in [0.25, 0.3) is 0 Å². The molecule has 0 unspecified atom stereocenters. The molecule has 0 saturated heterocycles. The highest BCUT2D eigenvalue weighted by Gasteiger charge is 2.04. The van der Waals surface area contributed by atoms with Gasteiger partial charge in [0.1, 0.15) is 0 Å². The van der Waals surface area contributed by atoms with Gasteiger partial charge in [0, 0.05) is 12.5 Å². The van der Waals surface area contributed by atoms with Gasteiger partial charge < -0.3 is 5.32 Å². The third-order valence-electron chi connectivity index (χ3n) is 1.55. The molecule has 66 valence electrons. The molecule has 0 aliphatic rings. The van der Waals surface area contributed by atoms with E-state index in [0.717, 1.165) is 13.0 Å². The summed E-state index contributed by atoms with van der Waals surface area (Å²) in [6.45, 7) is 8.94. The van der Waals surface area contributed by atoms with E-state index in [-0.39, 0.29) is 11.8 Å².